The molecule has 5 heteroatoms. The van der Waals surface area contributed by atoms with Crippen molar-refractivity contribution in [1.29, 1.82) is 0 Å². The van der Waals surface area contributed by atoms with Gasteiger partial charge in [-0.05, 0) is 18.6 Å². The van der Waals surface area contributed by atoms with Crippen LogP contribution in [0, 0.1) is 5.82 Å². The number of aromatic nitrogens is 3. The SMILES string of the molecule is CCCn1nncc1-c1ccc(C=O)c(F)c1. The summed E-state index contributed by atoms with van der Waals surface area (Å²) in [5, 5.41) is 7.74. The van der Waals surface area contributed by atoms with Crippen LogP contribution in [0.3, 0.4) is 0 Å². The quantitative estimate of drug-likeness (QED) is 0.761. The van der Waals surface area contributed by atoms with E-state index in [1.165, 1.54) is 12.1 Å². The molecule has 0 N–H and O–H groups in total. The molecule has 1 aromatic carbocycles. The van der Waals surface area contributed by atoms with Crippen LogP contribution >= 0.6 is 0 Å². The molecule has 0 amide bonds. The van der Waals surface area contributed by atoms with E-state index in [2.05, 4.69) is 10.3 Å². The van der Waals surface area contributed by atoms with Gasteiger partial charge in [-0.3, -0.25) is 4.79 Å². The minimum Gasteiger partial charge on any atom is -0.298 e. The van der Waals surface area contributed by atoms with Crippen molar-refractivity contribution in [2.24, 2.45) is 0 Å². The summed E-state index contributed by atoms with van der Waals surface area (Å²) in [4.78, 5) is 10.5. The first-order chi connectivity index (χ1) is 8.26. The highest BCUT2D eigenvalue weighted by molar-refractivity contribution is 5.76. The molecule has 0 fully saturated rings. The van der Waals surface area contributed by atoms with E-state index in [4.69, 9.17) is 0 Å². The van der Waals surface area contributed by atoms with Gasteiger partial charge < -0.3 is 0 Å². The highest BCUT2D eigenvalue weighted by atomic mass is 19.1. The molecule has 0 unspecified atom stereocenters. The van der Waals surface area contributed by atoms with Crippen LogP contribution < -0.4 is 0 Å². The summed E-state index contributed by atoms with van der Waals surface area (Å²) in [7, 11) is 0. The summed E-state index contributed by atoms with van der Waals surface area (Å²) in [5.74, 6) is -0.526. The lowest BCUT2D eigenvalue weighted by atomic mass is 10.1. The minimum absolute atomic E-state index is 0.0586. The Kier molecular flexibility index (Phi) is 3.27. The van der Waals surface area contributed by atoms with Gasteiger partial charge in [0.2, 0.25) is 0 Å². The van der Waals surface area contributed by atoms with Crippen molar-refractivity contribution in [2.45, 2.75) is 19.9 Å². The topological polar surface area (TPSA) is 47.8 Å². The van der Waals surface area contributed by atoms with Crippen molar-refractivity contribution in [1.82, 2.24) is 15.0 Å². The Hall–Kier alpha value is -2.04. The number of aldehydes is 1. The Balaban J connectivity index is 2.42. The number of benzene rings is 1. The van der Waals surface area contributed by atoms with Crippen LogP contribution in [0.4, 0.5) is 4.39 Å². The fourth-order valence-electron chi connectivity index (χ4n) is 1.64. The largest absolute Gasteiger partial charge is 0.298 e. The van der Waals surface area contributed by atoms with Crippen LogP contribution in [0.25, 0.3) is 11.3 Å². The van der Waals surface area contributed by atoms with E-state index in [1.54, 1.807) is 16.9 Å². The predicted octanol–water partition coefficient (Wildman–Crippen LogP) is 2.31. The molecule has 0 aliphatic rings. The molecule has 1 aromatic heterocycles. The van der Waals surface area contributed by atoms with Gasteiger partial charge in [-0.2, -0.15) is 0 Å². The van der Waals surface area contributed by atoms with E-state index < -0.39 is 5.82 Å². The van der Waals surface area contributed by atoms with Gasteiger partial charge in [0.05, 0.1) is 17.5 Å². The average Bonchev–Trinajstić information content (AvgIpc) is 2.78. The third-order valence-electron chi connectivity index (χ3n) is 2.48. The number of rotatable bonds is 4. The fraction of sp³-hybridized carbons (Fsp3) is 0.250. The summed E-state index contributed by atoms with van der Waals surface area (Å²) in [6, 6.07) is 4.48. The number of aryl methyl sites for hydroxylation is 1. The molecule has 0 saturated heterocycles. The van der Waals surface area contributed by atoms with Gasteiger partial charge in [-0.15, -0.1) is 5.10 Å². The van der Waals surface area contributed by atoms with Crippen molar-refractivity contribution in [2.75, 3.05) is 0 Å². The molecule has 17 heavy (non-hydrogen) atoms. The fourth-order valence-corrected chi connectivity index (χ4v) is 1.64. The Bertz CT molecular complexity index is 536. The molecular weight excluding hydrogens is 221 g/mol. The standard InChI is InChI=1S/C12H12FN3O/c1-2-5-16-12(7-14-15-16)9-3-4-10(8-17)11(13)6-9/h3-4,6-8H,2,5H2,1H3. The molecule has 4 nitrogen and oxygen atoms in total. The zero-order valence-corrected chi connectivity index (χ0v) is 9.43. The highest BCUT2D eigenvalue weighted by Gasteiger charge is 2.09. The van der Waals surface area contributed by atoms with Crippen molar-refractivity contribution >= 4 is 6.29 Å². The van der Waals surface area contributed by atoms with Crippen molar-refractivity contribution in [3.63, 3.8) is 0 Å². The van der Waals surface area contributed by atoms with E-state index in [9.17, 15) is 9.18 Å². The number of halogens is 1. The lowest BCUT2D eigenvalue weighted by Gasteiger charge is -2.05. The summed E-state index contributed by atoms with van der Waals surface area (Å²) >= 11 is 0. The average molecular weight is 233 g/mol. The highest BCUT2D eigenvalue weighted by Crippen LogP contribution is 2.20. The Morgan fingerprint density at radius 2 is 2.29 bits per heavy atom. The number of hydrogen-bond donors (Lipinski definition) is 0. The molecule has 0 aliphatic heterocycles. The maximum Gasteiger partial charge on any atom is 0.152 e. The van der Waals surface area contributed by atoms with Crippen LogP contribution in [0.2, 0.25) is 0 Å². The van der Waals surface area contributed by atoms with Gasteiger partial charge in [0.25, 0.3) is 0 Å². The van der Waals surface area contributed by atoms with Crippen LogP contribution in [0.1, 0.15) is 23.7 Å². The first-order valence-electron chi connectivity index (χ1n) is 5.40. The van der Waals surface area contributed by atoms with E-state index >= 15 is 0 Å². The van der Waals surface area contributed by atoms with Gasteiger partial charge >= 0.3 is 0 Å². The van der Waals surface area contributed by atoms with Gasteiger partial charge in [0, 0.05) is 12.1 Å². The third kappa shape index (κ3) is 2.22. The summed E-state index contributed by atoms with van der Waals surface area (Å²) in [5.41, 5.74) is 1.48. The van der Waals surface area contributed by atoms with E-state index in [1.807, 2.05) is 6.92 Å². The van der Waals surface area contributed by atoms with E-state index in [0.717, 1.165) is 18.7 Å². The number of carbonyl (C=O) groups excluding carboxylic acids is 1. The molecule has 0 radical (unpaired) electrons. The molecule has 0 saturated carbocycles. The second kappa shape index (κ2) is 4.86. The molecule has 0 atom stereocenters. The molecule has 2 aromatic rings. The zero-order valence-electron chi connectivity index (χ0n) is 9.43. The van der Waals surface area contributed by atoms with Gasteiger partial charge in [-0.1, -0.05) is 18.2 Å². The first kappa shape index (κ1) is 11.4. The van der Waals surface area contributed by atoms with Crippen LogP contribution in [-0.4, -0.2) is 21.3 Å². The first-order valence-corrected chi connectivity index (χ1v) is 5.40. The third-order valence-corrected chi connectivity index (χ3v) is 2.48. The smallest absolute Gasteiger partial charge is 0.152 e. The number of nitrogens with zero attached hydrogens (tertiary/aromatic N) is 3. The minimum atomic E-state index is -0.526. The van der Waals surface area contributed by atoms with E-state index in [0.29, 0.717) is 11.8 Å². The second-order valence-electron chi connectivity index (χ2n) is 3.70. The maximum absolute atomic E-state index is 13.5. The Labute approximate surface area is 98.1 Å². The van der Waals surface area contributed by atoms with Crippen LogP contribution in [-0.2, 0) is 6.54 Å². The van der Waals surface area contributed by atoms with Crippen molar-refractivity contribution < 1.29 is 9.18 Å². The molecule has 88 valence electrons. The van der Waals surface area contributed by atoms with Gasteiger partial charge in [0.1, 0.15) is 5.82 Å². The summed E-state index contributed by atoms with van der Waals surface area (Å²) < 4.78 is 15.2. The van der Waals surface area contributed by atoms with Gasteiger partial charge in [0.15, 0.2) is 6.29 Å². The molecule has 0 aliphatic carbocycles. The number of carbonyl (C=O) groups is 1. The Morgan fingerprint density at radius 3 is 2.94 bits per heavy atom. The molecule has 0 bridgehead atoms. The van der Waals surface area contributed by atoms with Gasteiger partial charge in [-0.25, -0.2) is 9.07 Å². The lowest BCUT2D eigenvalue weighted by Crippen LogP contribution is -2.02. The monoisotopic (exact) mass is 233 g/mol. The summed E-state index contributed by atoms with van der Waals surface area (Å²) in [6.45, 7) is 2.76. The molecule has 0 spiro atoms. The Morgan fingerprint density at radius 1 is 1.47 bits per heavy atom. The molecule has 1 heterocycles. The van der Waals surface area contributed by atoms with Crippen molar-refractivity contribution in [3.8, 4) is 11.3 Å². The van der Waals surface area contributed by atoms with Crippen LogP contribution in [0.5, 0.6) is 0 Å². The second-order valence-corrected chi connectivity index (χ2v) is 3.70. The predicted molar refractivity (Wildman–Crippen MR) is 61.1 cm³/mol. The lowest BCUT2D eigenvalue weighted by molar-refractivity contribution is 0.112. The molecular formula is C12H12FN3O. The summed E-state index contributed by atoms with van der Waals surface area (Å²) in [6.07, 6.45) is 3.01. The van der Waals surface area contributed by atoms with Crippen LogP contribution in [0.15, 0.2) is 24.4 Å². The maximum atomic E-state index is 13.5. The zero-order chi connectivity index (χ0) is 12.3. The molecule has 2 rings (SSSR count). The van der Waals surface area contributed by atoms with E-state index in [-0.39, 0.29) is 5.56 Å². The number of hydrogen-bond acceptors (Lipinski definition) is 3. The van der Waals surface area contributed by atoms with Crippen molar-refractivity contribution in [3.05, 3.63) is 35.8 Å². The normalized spacial score (nSPS) is 10.5.